The molecular formula is C27H22N4O2. The molecule has 1 N–H and O–H groups in total. The highest BCUT2D eigenvalue weighted by Gasteiger charge is 2.14. The van der Waals surface area contributed by atoms with Crippen molar-refractivity contribution in [2.45, 2.75) is 13.5 Å². The van der Waals surface area contributed by atoms with E-state index in [-0.39, 0.29) is 24.6 Å². The number of aromatic nitrogens is 3. The number of aryl methyl sites for hydroxylation is 1. The molecule has 33 heavy (non-hydrogen) atoms. The molecule has 0 spiro atoms. The summed E-state index contributed by atoms with van der Waals surface area (Å²) in [5, 5.41) is 9.39. The summed E-state index contributed by atoms with van der Waals surface area (Å²) in [7, 11) is 0. The Hall–Kier alpha value is -4.32. The molecule has 6 heteroatoms. The first-order valence-corrected chi connectivity index (χ1v) is 10.8. The Morgan fingerprint density at radius 3 is 2.58 bits per heavy atom. The third-order valence-electron chi connectivity index (χ3n) is 5.65. The second kappa shape index (κ2) is 8.67. The Labute approximate surface area is 190 Å². The zero-order valence-corrected chi connectivity index (χ0v) is 18.2. The van der Waals surface area contributed by atoms with Gasteiger partial charge in [-0.05, 0) is 31.2 Å². The van der Waals surface area contributed by atoms with Crippen molar-refractivity contribution in [3.63, 3.8) is 0 Å². The van der Waals surface area contributed by atoms with E-state index in [0.29, 0.717) is 10.9 Å². The van der Waals surface area contributed by atoms with E-state index in [2.05, 4.69) is 10.4 Å². The van der Waals surface area contributed by atoms with Gasteiger partial charge in [0.15, 0.2) is 0 Å². The number of carbonyl (C=O) groups is 1. The fourth-order valence-corrected chi connectivity index (χ4v) is 3.94. The van der Waals surface area contributed by atoms with Crippen molar-refractivity contribution in [3.05, 3.63) is 107 Å². The van der Waals surface area contributed by atoms with Crippen molar-refractivity contribution >= 4 is 27.6 Å². The van der Waals surface area contributed by atoms with Crippen LogP contribution in [0.15, 0.2) is 89.9 Å². The maximum absolute atomic E-state index is 13.2. The van der Waals surface area contributed by atoms with Crippen LogP contribution in [0.4, 0.5) is 0 Å². The summed E-state index contributed by atoms with van der Waals surface area (Å²) in [4.78, 5) is 30.6. The van der Waals surface area contributed by atoms with Crippen LogP contribution in [0.25, 0.3) is 32.9 Å². The molecule has 0 atom stereocenters. The lowest BCUT2D eigenvalue weighted by molar-refractivity contribution is 0.0953. The van der Waals surface area contributed by atoms with Gasteiger partial charge in [-0.25, -0.2) is 9.67 Å². The molecule has 5 aromatic rings. The molecule has 0 aliphatic heterocycles. The van der Waals surface area contributed by atoms with E-state index in [0.717, 1.165) is 33.1 Å². The van der Waals surface area contributed by atoms with Crippen LogP contribution < -0.4 is 10.9 Å². The minimum Gasteiger partial charge on any atom is -0.350 e. The van der Waals surface area contributed by atoms with Gasteiger partial charge in [-0.3, -0.25) is 9.59 Å². The molecule has 6 nitrogen and oxygen atoms in total. The van der Waals surface area contributed by atoms with Crippen LogP contribution in [0, 0.1) is 6.92 Å². The summed E-state index contributed by atoms with van der Waals surface area (Å²) in [6, 6.07) is 24.9. The molecule has 0 unspecified atom stereocenters. The van der Waals surface area contributed by atoms with Gasteiger partial charge in [-0.15, -0.1) is 0 Å². The minimum atomic E-state index is -0.209. The number of rotatable bonds is 5. The van der Waals surface area contributed by atoms with Gasteiger partial charge in [0.2, 0.25) is 0 Å². The average molecular weight is 434 g/mol. The van der Waals surface area contributed by atoms with Gasteiger partial charge < -0.3 is 5.32 Å². The number of pyridine rings is 1. The molecule has 0 saturated heterocycles. The monoisotopic (exact) mass is 434 g/mol. The third kappa shape index (κ3) is 4.11. The highest BCUT2D eigenvalue weighted by molar-refractivity contribution is 6.07. The molecule has 0 fully saturated rings. The lowest BCUT2D eigenvalue weighted by atomic mass is 10.0. The Morgan fingerprint density at radius 2 is 1.73 bits per heavy atom. The minimum absolute atomic E-state index is 0.168. The van der Waals surface area contributed by atoms with E-state index >= 15 is 0 Å². The number of nitrogens with one attached hydrogen (secondary N) is 1. The predicted molar refractivity (Wildman–Crippen MR) is 130 cm³/mol. The van der Waals surface area contributed by atoms with E-state index in [1.54, 1.807) is 12.3 Å². The quantitative estimate of drug-likeness (QED) is 0.446. The van der Waals surface area contributed by atoms with E-state index in [1.165, 1.54) is 4.68 Å². The molecule has 1 amide bonds. The summed E-state index contributed by atoms with van der Waals surface area (Å²) in [5.74, 6) is -0.209. The van der Waals surface area contributed by atoms with E-state index < -0.39 is 0 Å². The van der Waals surface area contributed by atoms with E-state index in [9.17, 15) is 9.59 Å². The van der Waals surface area contributed by atoms with Gasteiger partial charge >= 0.3 is 0 Å². The first-order chi connectivity index (χ1) is 16.1. The van der Waals surface area contributed by atoms with E-state index in [1.807, 2.05) is 79.7 Å². The van der Waals surface area contributed by atoms with E-state index in [4.69, 9.17) is 4.98 Å². The molecule has 2 heterocycles. The fraction of sp³-hybridized carbons (Fsp3) is 0.111. The van der Waals surface area contributed by atoms with Crippen LogP contribution in [-0.4, -0.2) is 27.2 Å². The number of benzene rings is 3. The largest absolute Gasteiger partial charge is 0.350 e. The topological polar surface area (TPSA) is 76.9 Å². The van der Waals surface area contributed by atoms with Crippen LogP contribution in [0.1, 0.15) is 15.9 Å². The Bertz CT molecular complexity index is 1540. The number of nitrogens with zero attached hydrogens (tertiary/aromatic N) is 3. The average Bonchev–Trinajstić information content (AvgIpc) is 2.85. The maximum atomic E-state index is 13.2. The lowest BCUT2D eigenvalue weighted by Crippen LogP contribution is -2.32. The highest BCUT2D eigenvalue weighted by atomic mass is 16.2. The summed E-state index contributed by atoms with van der Waals surface area (Å²) in [6.07, 6.45) is 1.67. The normalized spacial score (nSPS) is 11.1. The summed E-state index contributed by atoms with van der Waals surface area (Å²) < 4.78 is 1.38. The number of hydrogen-bond donors (Lipinski definition) is 1. The molecule has 0 saturated carbocycles. The first kappa shape index (κ1) is 20.6. The second-order valence-corrected chi connectivity index (χ2v) is 7.96. The highest BCUT2D eigenvalue weighted by Crippen LogP contribution is 2.25. The van der Waals surface area contributed by atoms with Gasteiger partial charge in [0.05, 0.1) is 34.9 Å². The van der Waals surface area contributed by atoms with Gasteiger partial charge in [0.1, 0.15) is 0 Å². The van der Waals surface area contributed by atoms with Crippen molar-refractivity contribution in [3.8, 4) is 11.3 Å². The van der Waals surface area contributed by atoms with Crippen LogP contribution in [0.3, 0.4) is 0 Å². The maximum Gasteiger partial charge on any atom is 0.274 e. The van der Waals surface area contributed by atoms with Crippen LogP contribution in [0.2, 0.25) is 0 Å². The number of hydrogen-bond acceptors (Lipinski definition) is 4. The van der Waals surface area contributed by atoms with Gasteiger partial charge in [-0.2, -0.15) is 5.10 Å². The van der Waals surface area contributed by atoms with Gasteiger partial charge in [0.25, 0.3) is 11.5 Å². The van der Waals surface area contributed by atoms with Crippen molar-refractivity contribution in [2.24, 2.45) is 0 Å². The number of fused-ring (bicyclic) bond motifs is 2. The molecule has 162 valence electrons. The second-order valence-electron chi connectivity index (χ2n) is 7.96. The zero-order chi connectivity index (χ0) is 22.8. The first-order valence-electron chi connectivity index (χ1n) is 10.8. The van der Waals surface area contributed by atoms with Gasteiger partial charge in [0, 0.05) is 22.9 Å². The molecule has 0 bridgehead atoms. The van der Waals surface area contributed by atoms with Crippen LogP contribution in [0.5, 0.6) is 0 Å². The molecule has 5 rings (SSSR count). The van der Waals surface area contributed by atoms with Crippen LogP contribution in [-0.2, 0) is 6.54 Å². The molecular weight excluding hydrogens is 412 g/mol. The predicted octanol–water partition coefficient (Wildman–Crippen LogP) is 4.35. The molecule has 3 aromatic carbocycles. The zero-order valence-electron chi connectivity index (χ0n) is 18.2. The Balaban J connectivity index is 1.43. The summed E-state index contributed by atoms with van der Waals surface area (Å²) in [6.45, 7) is 2.55. The molecule has 0 radical (unpaired) electrons. The molecule has 0 aliphatic carbocycles. The lowest BCUT2D eigenvalue weighted by Gasteiger charge is -2.12. The standard InChI is InChI=1S/C27H22N4O2/c1-18-11-12-24-22(15-18)23(16-25(30-24)19-7-3-2-4-8-19)26(32)28-13-14-31-27(33)21-10-6-5-9-20(21)17-29-31/h2-12,15-17H,13-14H2,1H3,(H,28,32). The van der Waals surface area contributed by atoms with Crippen molar-refractivity contribution in [1.29, 1.82) is 0 Å². The van der Waals surface area contributed by atoms with Crippen molar-refractivity contribution in [1.82, 2.24) is 20.1 Å². The SMILES string of the molecule is Cc1ccc2nc(-c3ccccc3)cc(C(=O)NCCn3ncc4ccccc4c3=O)c2c1. The van der Waals surface area contributed by atoms with Gasteiger partial charge in [-0.1, -0.05) is 60.2 Å². The Morgan fingerprint density at radius 1 is 0.939 bits per heavy atom. The number of amides is 1. The smallest absolute Gasteiger partial charge is 0.274 e. The third-order valence-corrected chi connectivity index (χ3v) is 5.65. The summed E-state index contributed by atoms with van der Waals surface area (Å²) >= 11 is 0. The van der Waals surface area contributed by atoms with Crippen LogP contribution >= 0.6 is 0 Å². The summed E-state index contributed by atoms with van der Waals surface area (Å²) in [5.41, 5.74) is 3.89. The van der Waals surface area contributed by atoms with Crippen molar-refractivity contribution < 1.29 is 4.79 Å². The molecule has 0 aliphatic rings. The molecule has 2 aromatic heterocycles. The van der Waals surface area contributed by atoms with Crippen molar-refractivity contribution in [2.75, 3.05) is 6.54 Å². The fourth-order valence-electron chi connectivity index (χ4n) is 3.94. The number of carbonyl (C=O) groups excluding carboxylic acids is 1. The Kier molecular flexibility index (Phi) is 5.40.